The van der Waals surface area contributed by atoms with Gasteiger partial charge < -0.3 is 18.9 Å². The first kappa shape index (κ1) is 20.9. The van der Waals surface area contributed by atoms with Gasteiger partial charge in [0.15, 0.2) is 0 Å². The summed E-state index contributed by atoms with van der Waals surface area (Å²) in [4.78, 5) is 32.2. The fraction of sp³-hybridized carbons (Fsp3) is 0.375. The molecule has 1 aromatic heterocycles. The molecule has 162 valence electrons. The highest BCUT2D eigenvalue weighted by Gasteiger charge is 2.46. The van der Waals surface area contributed by atoms with E-state index in [1.807, 2.05) is 59.2 Å². The number of ether oxygens (including phenoxy) is 2. The molecule has 0 saturated carbocycles. The van der Waals surface area contributed by atoms with Crippen molar-refractivity contribution in [3.8, 4) is 5.75 Å². The van der Waals surface area contributed by atoms with Gasteiger partial charge in [0.05, 0.1) is 17.6 Å². The van der Waals surface area contributed by atoms with E-state index in [1.54, 1.807) is 18.7 Å². The number of carbonyl (C=O) groups is 2. The van der Waals surface area contributed by atoms with Crippen molar-refractivity contribution in [3.05, 3.63) is 60.4 Å². The molecule has 3 aromatic rings. The third-order valence-corrected chi connectivity index (χ3v) is 5.80. The highest BCUT2D eigenvalue weighted by molar-refractivity contribution is 5.89. The monoisotopic (exact) mass is 421 g/mol. The largest absolute Gasteiger partial charge is 0.486 e. The molecule has 1 fully saturated rings. The van der Waals surface area contributed by atoms with Gasteiger partial charge in [-0.2, -0.15) is 0 Å². The van der Waals surface area contributed by atoms with Crippen LogP contribution in [0, 0.1) is 0 Å². The second-order valence-electron chi connectivity index (χ2n) is 7.85. The van der Waals surface area contributed by atoms with Crippen LogP contribution >= 0.6 is 0 Å². The smallest absolute Gasteiger partial charge is 0.331 e. The summed E-state index contributed by atoms with van der Waals surface area (Å²) < 4.78 is 13.0. The predicted molar refractivity (Wildman–Crippen MR) is 116 cm³/mol. The summed E-state index contributed by atoms with van der Waals surface area (Å²) in [5.74, 6) is 0.929. The molecule has 1 atom stereocenters. The minimum atomic E-state index is -0.926. The Morgan fingerprint density at radius 2 is 1.84 bits per heavy atom. The fourth-order valence-corrected chi connectivity index (χ4v) is 4.16. The lowest BCUT2D eigenvalue weighted by molar-refractivity contribution is -0.160. The summed E-state index contributed by atoms with van der Waals surface area (Å²) in [7, 11) is 0. The molecule has 0 unspecified atom stereocenters. The Balaban J connectivity index is 1.59. The average Bonchev–Trinajstić information content (AvgIpc) is 3.35. The first-order valence-electron chi connectivity index (χ1n) is 10.6. The summed E-state index contributed by atoms with van der Waals surface area (Å²) in [5.41, 5.74) is 0.737. The normalized spacial score (nSPS) is 18.3. The molecular formula is C24H27N3O4. The molecule has 7 heteroatoms. The molecule has 7 nitrogen and oxygen atoms in total. The van der Waals surface area contributed by atoms with Crippen molar-refractivity contribution >= 4 is 22.9 Å². The van der Waals surface area contributed by atoms with Crippen molar-refractivity contribution in [1.29, 1.82) is 0 Å². The van der Waals surface area contributed by atoms with Crippen LogP contribution in [0.3, 0.4) is 0 Å². The number of hydrogen-bond acceptors (Lipinski definition) is 5. The first-order chi connectivity index (χ1) is 15.0. The van der Waals surface area contributed by atoms with Crippen LogP contribution in [0.4, 0.5) is 0 Å². The Labute approximate surface area is 181 Å². The topological polar surface area (TPSA) is 73.7 Å². The van der Waals surface area contributed by atoms with Crippen molar-refractivity contribution in [2.24, 2.45) is 0 Å². The lowest BCUT2D eigenvalue weighted by Crippen LogP contribution is -2.52. The second kappa shape index (κ2) is 8.79. The maximum absolute atomic E-state index is 13.3. The van der Waals surface area contributed by atoms with Gasteiger partial charge in [-0.25, -0.2) is 9.78 Å². The van der Waals surface area contributed by atoms with E-state index in [2.05, 4.69) is 4.98 Å². The fourth-order valence-electron chi connectivity index (χ4n) is 4.16. The van der Waals surface area contributed by atoms with Crippen LogP contribution < -0.4 is 4.74 Å². The lowest BCUT2D eigenvalue weighted by Gasteiger charge is -2.33. The number of rotatable bonds is 7. The van der Waals surface area contributed by atoms with E-state index in [-0.39, 0.29) is 25.0 Å². The third kappa shape index (κ3) is 4.13. The van der Waals surface area contributed by atoms with E-state index in [4.69, 9.17) is 9.47 Å². The molecule has 31 heavy (non-hydrogen) atoms. The summed E-state index contributed by atoms with van der Waals surface area (Å²) in [5, 5.41) is 0. The van der Waals surface area contributed by atoms with Crippen LogP contribution in [0.2, 0.25) is 0 Å². The average molecular weight is 421 g/mol. The highest BCUT2D eigenvalue weighted by atomic mass is 16.5. The van der Waals surface area contributed by atoms with Crippen LogP contribution in [0.1, 0.15) is 32.5 Å². The number of aromatic nitrogens is 2. The van der Waals surface area contributed by atoms with Gasteiger partial charge in [0.25, 0.3) is 0 Å². The Hall–Kier alpha value is -3.35. The molecule has 4 rings (SSSR count). The third-order valence-electron chi connectivity index (χ3n) is 5.80. The maximum atomic E-state index is 13.3. The van der Waals surface area contributed by atoms with Crippen LogP contribution in [0.5, 0.6) is 5.75 Å². The number of imidazole rings is 1. The van der Waals surface area contributed by atoms with E-state index in [0.29, 0.717) is 25.4 Å². The predicted octanol–water partition coefficient (Wildman–Crippen LogP) is 3.56. The van der Waals surface area contributed by atoms with Crippen molar-refractivity contribution in [1.82, 2.24) is 14.5 Å². The molecule has 1 saturated heterocycles. The standard InChI is InChI=1S/C24H27N3O4/c1-3-30-23(29)24(2)14-9-15-27(24)22(28)16-26-20-13-8-7-12-19(20)25-21(26)17-31-18-10-5-4-6-11-18/h4-8,10-13H,3,9,14-17H2,1-2H3/t24-/m1/s1. The van der Waals surface area contributed by atoms with Gasteiger partial charge >= 0.3 is 5.97 Å². The molecule has 0 aliphatic carbocycles. The molecule has 1 amide bonds. The molecule has 1 aliphatic rings. The summed E-state index contributed by atoms with van der Waals surface area (Å²) in [6, 6.07) is 17.2. The zero-order valence-corrected chi connectivity index (χ0v) is 17.9. The lowest BCUT2D eigenvalue weighted by atomic mass is 9.99. The molecule has 0 N–H and O–H groups in total. The van der Waals surface area contributed by atoms with Gasteiger partial charge in [-0.1, -0.05) is 30.3 Å². The molecule has 0 radical (unpaired) electrons. The van der Waals surface area contributed by atoms with E-state index in [1.165, 1.54) is 0 Å². The van der Waals surface area contributed by atoms with E-state index < -0.39 is 5.54 Å². The van der Waals surface area contributed by atoms with Crippen LogP contribution in [-0.4, -0.2) is 45.0 Å². The van der Waals surface area contributed by atoms with Crippen LogP contribution in [-0.2, 0) is 27.5 Å². The minimum Gasteiger partial charge on any atom is -0.486 e. The summed E-state index contributed by atoms with van der Waals surface area (Å²) in [6.45, 7) is 4.73. The zero-order chi connectivity index (χ0) is 21.8. The number of nitrogens with zero attached hydrogens (tertiary/aromatic N) is 3. The van der Waals surface area contributed by atoms with Crippen molar-refractivity contribution < 1.29 is 19.1 Å². The molecule has 0 bridgehead atoms. The van der Waals surface area contributed by atoms with Gasteiger partial charge in [-0.3, -0.25) is 4.79 Å². The number of fused-ring (bicyclic) bond motifs is 1. The zero-order valence-electron chi connectivity index (χ0n) is 17.9. The molecular weight excluding hydrogens is 394 g/mol. The molecule has 1 aliphatic heterocycles. The van der Waals surface area contributed by atoms with Gasteiger partial charge in [0.2, 0.25) is 5.91 Å². The number of para-hydroxylation sites is 3. The van der Waals surface area contributed by atoms with E-state index in [9.17, 15) is 9.59 Å². The minimum absolute atomic E-state index is 0.0863. The van der Waals surface area contributed by atoms with Crippen molar-refractivity contribution in [3.63, 3.8) is 0 Å². The Morgan fingerprint density at radius 1 is 1.10 bits per heavy atom. The van der Waals surface area contributed by atoms with Crippen LogP contribution in [0.15, 0.2) is 54.6 Å². The highest BCUT2D eigenvalue weighted by Crippen LogP contribution is 2.31. The number of esters is 1. The SMILES string of the molecule is CCOC(=O)[C@@]1(C)CCCN1C(=O)Cn1c(COc2ccccc2)nc2ccccc21. The Kier molecular flexibility index (Phi) is 5.93. The maximum Gasteiger partial charge on any atom is 0.331 e. The van der Waals surface area contributed by atoms with E-state index >= 15 is 0 Å². The molecule has 2 heterocycles. The Bertz CT molecular complexity index is 1080. The number of amides is 1. The first-order valence-corrected chi connectivity index (χ1v) is 10.6. The summed E-state index contributed by atoms with van der Waals surface area (Å²) >= 11 is 0. The van der Waals surface area contributed by atoms with Crippen molar-refractivity contribution in [2.75, 3.05) is 13.2 Å². The number of hydrogen-bond donors (Lipinski definition) is 0. The van der Waals surface area contributed by atoms with E-state index in [0.717, 1.165) is 23.2 Å². The number of benzene rings is 2. The van der Waals surface area contributed by atoms with Crippen LogP contribution in [0.25, 0.3) is 11.0 Å². The number of carbonyl (C=O) groups excluding carboxylic acids is 2. The summed E-state index contributed by atoms with van der Waals surface area (Å²) in [6.07, 6.45) is 1.38. The second-order valence-corrected chi connectivity index (χ2v) is 7.85. The van der Waals surface area contributed by atoms with Gasteiger partial charge in [-0.05, 0) is 51.0 Å². The van der Waals surface area contributed by atoms with Gasteiger partial charge in [-0.15, -0.1) is 0 Å². The van der Waals surface area contributed by atoms with Gasteiger partial charge in [0, 0.05) is 6.54 Å². The van der Waals surface area contributed by atoms with Crippen molar-refractivity contribution in [2.45, 2.75) is 45.4 Å². The molecule has 2 aromatic carbocycles. The quantitative estimate of drug-likeness (QED) is 0.546. The van der Waals surface area contributed by atoms with Gasteiger partial charge in [0.1, 0.15) is 30.3 Å². The molecule has 0 spiro atoms. The Morgan fingerprint density at radius 3 is 2.61 bits per heavy atom. The number of likely N-dealkylation sites (tertiary alicyclic amines) is 1.